The van der Waals surface area contributed by atoms with Crippen LogP contribution in [-0.2, 0) is 12.7 Å². The van der Waals surface area contributed by atoms with Gasteiger partial charge in [-0.15, -0.1) is 0 Å². The Kier molecular flexibility index (Phi) is 4.17. The van der Waals surface area contributed by atoms with Crippen LogP contribution >= 0.6 is 15.9 Å². The van der Waals surface area contributed by atoms with E-state index < -0.39 is 11.7 Å². The van der Waals surface area contributed by atoms with Crippen LogP contribution in [0.1, 0.15) is 11.1 Å². The van der Waals surface area contributed by atoms with E-state index in [0.29, 0.717) is 5.56 Å². The molecule has 0 spiro atoms. The highest BCUT2D eigenvalue weighted by molar-refractivity contribution is 9.10. The fourth-order valence-electron chi connectivity index (χ4n) is 1.21. The van der Waals surface area contributed by atoms with Gasteiger partial charge in [-0.2, -0.15) is 13.2 Å². The Morgan fingerprint density at radius 1 is 1.44 bits per heavy atom. The van der Waals surface area contributed by atoms with Crippen LogP contribution in [0.5, 0.6) is 5.75 Å². The van der Waals surface area contributed by atoms with Crippen molar-refractivity contribution < 1.29 is 23.1 Å². The number of hydrogen-bond acceptors (Lipinski definition) is 3. The first-order valence-corrected chi connectivity index (χ1v) is 5.00. The van der Waals surface area contributed by atoms with E-state index in [1.807, 2.05) is 5.48 Å². The lowest BCUT2D eigenvalue weighted by Gasteiger charge is -2.14. The third kappa shape index (κ3) is 2.87. The summed E-state index contributed by atoms with van der Waals surface area (Å²) in [6, 6.07) is 1.83. The Labute approximate surface area is 98.3 Å². The van der Waals surface area contributed by atoms with Gasteiger partial charge >= 0.3 is 6.18 Å². The molecule has 0 atom stereocenters. The second-order valence-corrected chi connectivity index (χ2v) is 3.83. The van der Waals surface area contributed by atoms with Crippen molar-refractivity contribution in [3.63, 3.8) is 0 Å². The fraction of sp³-hybridized carbons (Fsp3) is 0.333. The number of methoxy groups -OCH3 is 1. The topological polar surface area (TPSA) is 41.5 Å². The Hall–Kier alpha value is -0.790. The van der Waals surface area contributed by atoms with Crippen molar-refractivity contribution in [2.24, 2.45) is 0 Å². The fourth-order valence-corrected chi connectivity index (χ4v) is 1.79. The smallest absolute Gasteiger partial charge is 0.416 e. The first-order valence-electron chi connectivity index (χ1n) is 4.20. The van der Waals surface area contributed by atoms with Crippen molar-refractivity contribution in [3.8, 4) is 5.75 Å². The number of hydrogen-bond donors (Lipinski definition) is 2. The summed E-state index contributed by atoms with van der Waals surface area (Å²) in [4.78, 5) is 0. The molecule has 0 radical (unpaired) electrons. The van der Waals surface area contributed by atoms with Gasteiger partial charge < -0.3 is 9.94 Å². The van der Waals surface area contributed by atoms with Gasteiger partial charge in [-0.3, -0.25) is 0 Å². The summed E-state index contributed by atoms with van der Waals surface area (Å²) in [5.74, 6) is 0.0586. The second-order valence-electron chi connectivity index (χ2n) is 2.97. The maximum atomic E-state index is 12.5. The summed E-state index contributed by atoms with van der Waals surface area (Å²) in [5, 5.41) is 8.54. The maximum absolute atomic E-state index is 12.5. The van der Waals surface area contributed by atoms with Crippen LogP contribution in [0.3, 0.4) is 0 Å². The Balaban J connectivity index is 3.26. The number of hydroxylamine groups is 1. The molecule has 0 aliphatic carbocycles. The number of alkyl halides is 3. The highest BCUT2D eigenvalue weighted by atomic mass is 79.9. The van der Waals surface area contributed by atoms with Gasteiger partial charge in [-0.25, -0.2) is 5.48 Å². The number of nitrogens with one attached hydrogen (secondary N) is 1. The van der Waals surface area contributed by atoms with Gasteiger partial charge in [-0.1, -0.05) is 15.9 Å². The molecule has 2 N–H and O–H groups in total. The van der Waals surface area contributed by atoms with Crippen LogP contribution in [0.15, 0.2) is 16.6 Å². The molecule has 0 saturated heterocycles. The van der Waals surface area contributed by atoms with Crippen molar-refractivity contribution in [3.05, 3.63) is 27.7 Å². The molecule has 0 aliphatic rings. The van der Waals surface area contributed by atoms with E-state index in [1.165, 1.54) is 7.11 Å². The van der Waals surface area contributed by atoms with Crippen molar-refractivity contribution in [2.75, 3.05) is 7.11 Å². The molecule has 3 nitrogen and oxygen atoms in total. The molecular formula is C9H9BrF3NO2. The van der Waals surface area contributed by atoms with E-state index >= 15 is 0 Å². The van der Waals surface area contributed by atoms with Crippen LogP contribution in [0.4, 0.5) is 13.2 Å². The molecule has 0 fully saturated rings. The summed E-state index contributed by atoms with van der Waals surface area (Å²) in [5.41, 5.74) is 1.47. The van der Waals surface area contributed by atoms with Crippen LogP contribution < -0.4 is 10.2 Å². The molecule has 0 aromatic heterocycles. The molecule has 16 heavy (non-hydrogen) atoms. The van der Waals surface area contributed by atoms with Gasteiger partial charge in [-0.05, 0) is 12.1 Å². The van der Waals surface area contributed by atoms with Crippen LogP contribution in [0.25, 0.3) is 0 Å². The third-order valence-corrected chi connectivity index (χ3v) is 2.67. The first kappa shape index (κ1) is 13.3. The molecule has 90 valence electrons. The van der Waals surface area contributed by atoms with Gasteiger partial charge in [0.05, 0.1) is 19.2 Å². The van der Waals surface area contributed by atoms with E-state index in [4.69, 9.17) is 9.94 Å². The first-order chi connectivity index (χ1) is 7.40. The third-order valence-electron chi connectivity index (χ3n) is 1.96. The van der Waals surface area contributed by atoms with Gasteiger partial charge in [0.2, 0.25) is 0 Å². The highest BCUT2D eigenvalue weighted by Gasteiger charge is 2.32. The second kappa shape index (κ2) is 5.03. The molecule has 0 saturated carbocycles. The lowest BCUT2D eigenvalue weighted by Crippen LogP contribution is -2.11. The quantitative estimate of drug-likeness (QED) is 0.843. The molecule has 0 unspecified atom stereocenters. The van der Waals surface area contributed by atoms with Crippen LogP contribution in [0.2, 0.25) is 0 Å². The van der Waals surface area contributed by atoms with Crippen molar-refractivity contribution in [1.82, 2.24) is 5.48 Å². The maximum Gasteiger partial charge on any atom is 0.416 e. The summed E-state index contributed by atoms with van der Waals surface area (Å²) < 4.78 is 42.4. The summed E-state index contributed by atoms with van der Waals surface area (Å²) in [7, 11) is 1.27. The van der Waals surface area contributed by atoms with E-state index in [2.05, 4.69) is 15.9 Å². The molecule has 0 heterocycles. The normalized spacial score (nSPS) is 11.6. The molecule has 1 rings (SSSR count). The lowest BCUT2D eigenvalue weighted by atomic mass is 10.1. The molecule has 0 bridgehead atoms. The number of halogens is 4. The highest BCUT2D eigenvalue weighted by Crippen LogP contribution is 2.36. The Morgan fingerprint density at radius 2 is 2.06 bits per heavy atom. The average Bonchev–Trinajstić information content (AvgIpc) is 2.19. The molecular weight excluding hydrogens is 291 g/mol. The van der Waals surface area contributed by atoms with E-state index in [9.17, 15) is 13.2 Å². The molecule has 1 aromatic rings. The molecule has 0 amide bonds. The van der Waals surface area contributed by atoms with Gasteiger partial charge in [0.15, 0.2) is 0 Å². The Morgan fingerprint density at radius 3 is 2.50 bits per heavy atom. The van der Waals surface area contributed by atoms with Crippen molar-refractivity contribution >= 4 is 15.9 Å². The van der Waals surface area contributed by atoms with Crippen molar-refractivity contribution in [2.45, 2.75) is 12.7 Å². The van der Waals surface area contributed by atoms with Gasteiger partial charge in [0, 0.05) is 10.0 Å². The van der Waals surface area contributed by atoms with E-state index in [-0.39, 0.29) is 16.8 Å². The SMILES string of the molecule is COc1cc(C(F)(F)F)cc(Br)c1CNO. The molecule has 7 heteroatoms. The van der Waals surface area contributed by atoms with E-state index in [1.54, 1.807) is 0 Å². The zero-order valence-corrected chi connectivity index (χ0v) is 9.82. The van der Waals surface area contributed by atoms with Crippen molar-refractivity contribution in [1.29, 1.82) is 0 Å². The minimum atomic E-state index is -4.43. The molecule has 0 aliphatic heterocycles. The lowest BCUT2D eigenvalue weighted by molar-refractivity contribution is -0.137. The summed E-state index contributed by atoms with van der Waals surface area (Å²) in [6.45, 7) is -0.0120. The predicted octanol–water partition coefficient (Wildman–Crippen LogP) is 2.96. The summed E-state index contributed by atoms with van der Waals surface area (Å²) in [6.07, 6.45) is -4.43. The van der Waals surface area contributed by atoms with Gasteiger partial charge in [0.1, 0.15) is 5.75 Å². The average molecular weight is 300 g/mol. The predicted molar refractivity (Wildman–Crippen MR) is 54.3 cm³/mol. The minimum Gasteiger partial charge on any atom is -0.496 e. The monoisotopic (exact) mass is 299 g/mol. The largest absolute Gasteiger partial charge is 0.496 e. The number of ether oxygens (including phenoxy) is 1. The minimum absolute atomic E-state index is 0.0120. The standard InChI is InChI=1S/C9H9BrF3NO2/c1-16-8-3-5(9(11,12)13)2-7(10)6(8)4-14-15/h2-3,14-15H,4H2,1H3. The van der Waals surface area contributed by atoms with Crippen LogP contribution in [-0.4, -0.2) is 12.3 Å². The zero-order chi connectivity index (χ0) is 12.3. The molecule has 1 aromatic carbocycles. The number of benzene rings is 1. The van der Waals surface area contributed by atoms with E-state index in [0.717, 1.165) is 12.1 Å². The zero-order valence-electron chi connectivity index (χ0n) is 8.23. The summed E-state index contributed by atoms with van der Waals surface area (Å²) >= 11 is 3.00. The van der Waals surface area contributed by atoms with Crippen LogP contribution in [0, 0.1) is 0 Å². The Bertz CT molecular complexity index is 382. The number of rotatable bonds is 3. The van der Waals surface area contributed by atoms with Gasteiger partial charge in [0.25, 0.3) is 0 Å².